The van der Waals surface area contributed by atoms with E-state index in [0.29, 0.717) is 166 Å². The lowest BCUT2D eigenvalue weighted by atomic mass is 9.90. The molecule has 2 aliphatic rings. The van der Waals surface area contributed by atoms with E-state index in [1.54, 1.807) is 0 Å². The standard InChI is InChI=1S/C106H138N24O8/c1-11-21-39-111-99-119-95(107)123-103(127-99)115-83-59-75-51-67-31-27-35-71(87(67)131-43-13-3)55-79-63-85(64-80(93(79)137-49-19-9)56-72-36-28-32-68(88(72)132-44-14-4)52-76(60-83)91(75)135-47-17-7)117-105-125-97(109)121-101(129-105)113-41-25-23-24-26-42-114-102-122-98(110)126-106(130-102)118-86-65-81-57-73-37-29-33-69(89(73)133-45-15-5)53-77-61-84(116-104-124-96(108)120-100(128-104)112-40-22-12-2)62-78(92(77)136-48-18-8)54-70-34-30-38-74(90(70)134-46-16-6)58-82(66-86)94(81)138-50-20-10/h27-38,59-66H,11-26,39-58H2,1-10H3,(H4,107,111,115,119,123,127)(H4,108,112,116,120,124,128)(H4,109,113,117,121,125,129)(H4,110,114,118,122,126,130). The van der Waals surface area contributed by atoms with Crippen LogP contribution in [0.3, 0.4) is 0 Å². The summed E-state index contributed by atoms with van der Waals surface area (Å²) in [5.41, 5.74) is 44.4. The second-order valence-electron chi connectivity index (χ2n) is 35.0. The Hall–Kier alpha value is -14.2. The summed E-state index contributed by atoms with van der Waals surface area (Å²) in [6.45, 7) is 27.9. The van der Waals surface area contributed by atoms with E-state index in [2.05, 4.69) is 273 Å². The molecule has 0 fully saturated rings. The normalized spacial score (nSPS) is 12.1. The van der Waals surface area contributed by atoms with Crippen molar-refractivity contribution in [2.45, 2.75) is 223 Å². The van der Waals surface area contributed by atoms with E-state index in [1.165, 1.54) is 0 Å². The van der Waals surface area contributed by atoms with Crippen LogP contribution in [-0.2, 0) is 51.4 Å². The van der Waals surface area contributed by atoms with Gasteiger partial charge >= 0.3 is 0 Å². The van der Waals surface area contributed by atoms with Crippen LogP contribution in [0.4, 0.5) is 94.1 Å². The second kappa shape index (κ2) is 50.6. The molecule has 2 aliphatic carbocycles. The molecule has 0 atom stereocenters. The Morgan fingerprint density at radius 1 is 0.203 bits per heavy atom. The van der Waals surface area contributed by atoms with Gasteiger partial charge in [-0.1, -0.05) is 168 Å². The summed E-state index contributed by atoms with van der Waals surface area (Å²) in [7, 11) is 0. The molecule has 0 aliphatic heterocycles. The maximum absolute atomic E-state index is 6.95. The number of hydrogen-bond donors (Lipinski definition) is 12. The van der Waals surface area contributed by atoms with E-state index in [-0.39, 0.29) is 35.7 Å². The van der Waals surface area contributed by atoms with Crippen LogP contribution in [0.2, 0.25) is 0 Å². The third kappa shape index (κ3) is 27.4. The number of nitrogens with two attached hydrogens (primary N) is 4. The van der Waals surface area contributed by atoms with Crippen molar-refractivity contribution >= 4 is 94.1 Å². The van der Waals surface area contributed by atoms with Gasteiger partial charge in [-0.15, -0.1) is 0 Å². The fraction of sp³-hybridized carbons (Fsp3) is 0.434. The summed E-state index contributed by atoms with van der Waals surface area (Å²) in [6.07, 6.45) is 17.5. The van der Waals surface area contributed by atoms with Gasteiger partial charge in [-0.2, -0.15) is 59.8 Å². The number of ether oxygens (including phenoxy) is 8. The van der Waals surface area contributed by atoms with E-state index < -0.39 is 0 Å². The smallest absolute Gasteiger partial charge is 0.233 e. The van der Waals surface area contributed by atoms with Gasteiger partial charge < -0.3 is 103 Å². The number of nitrogens with one attached hydrogen (secondary N) is 8. The molecule has 4 heterocycles. The number of para-hydroxylation sites is 4. The number of rotatable bonds is 49. The van der Waals surface area contributed by atoms with Gasteiger partial charge in [-0.25, -0.2) is 0 Å². The van der Waals surface area contributed by atoms with Crippen molar-refractivity contribution < 1.29 is 37.9 Å². The molecule has 16 N–H and O–H groups in total. The first-order chi connectivity index (χ1) is 67.5. The zero-order valence-electron chi connectivity index (χ0n) is 81.9. The molecule has 138 heavy (non-hydrogen) atoms. The van der Waals surface area contributed by atoms with Gasteiger partial charge in [0.05, 0.1) is 52.9 Å². The number of aromatic nitrogens is 12. The van der Waals surface area contributed by atoms with Crippen LogP contribution in [-0.4, -0.2) is 139 Å². The molecule has 0 saturated heterocycles. The summed E-state index contributed by atoms with van der Waals surface area (Å²) in [5, 5.41) is 27.7. The lowest BCUT2D eigenvalue weighted by Gasteiger charge is -2.24. The first-order valence-corrected chi connectivity index (χ1v) is 49.7. The highest BCUT2D eigenvalue weighted by Gasteiger charge is 2.29. The topological polar surface area (TPSA) is 429 Å². The molecule has 0 radical (unpaired) electrons. The first kappa shape index (κ1) is 99.8. The van der Waals surface area contributed by atoms with Gasteiger partial charge in [0.15, 0.2) is 0 Å². The zero-order valence-corrected chi connectivity index (χ0v) is 81.9. The predicted molar refractivity (Wildman–Crippen MR) is 553 cm³/mol. The molecular formula is C106H138N24O8. The molecule has 0 amide bonds. The molecule has 0 saturated carbocycles. The Balaban J connectivity index is 0.688. The average molecular weight is 1880 g/mol. The predicted octanol–water partition coefficient (Wildman–Crippen LogP) is 20.9. The van der Waals surface area contributed by atoms with Crippen LogP contribution >= 0.6 is 0 Å². The number of benzene rings is 8. The number of nitrogens with zero attached hydrogens (tertiary/aromatic N) is 12. The van der Waals surface area contributed by atoms with Crippen molar-refractivity contribution in [3.63, 3.8) is 0 Å². The molecule has 730 valence electrons. The van der Waals surface area contributed by atoms with Crippen molar-refractivity contribution in [2.24, 2.45) is 0 Å². The molecule has 32 nitrogen and oxygen atoms in total. The van der Waals surface area contributed by atoms with E-state index in [4.69, 9.17) is 80.8 Å². The SMILES string of the molecule is CCCCNc1nc(N)nc(Nc2cc3c(OCCC)c(c2)Cc2cccc(c2OCCC)Cc2cc(Nc4nc(N)nc(NCCCCCCNc5nc(N)nc(Nc6cc7c(OCCC)c(c6)Cc6cccc(c6OCCC)Cc6cc(Nc8nc(N)nc(NCCCC)n8)cc(c6OCCC)Cc6cccc(c6OCCC)C7)n5)n4)cc(c2OCCC)Cc2cccc(c2OCCC)C3)n1. The molecule has 0 spiro atoms. The van der Waals surface area contributed by atoms with Crippen LogP contribution in [0.5, 0.6) is 46.0 Å². The van der Waals surface area contributed by atoms with Crippen LogP contribution in [0, 0.1) is 0 Å². The quantitative estimate of drug-likeness (QED) is 0.0158. The molecular weight excluding hydrogens is 1740 g/mol. The minimum absolute atomic E-state index is 0.0654. The molecule has 14 rings (SSSR count). The van der Waals surface area contributed by atoms with Gasteiger partial charge in [-0.05, 0) is 170 Å². The highest BCUT2D eigenvalue weighted by atomic mass is 16.5. The number of nitrogen functional groups attached to an aromatic ring is 4. The highest BCUT2D eigenvalue weighted by Crippen LogP contribution is 2.46. The van der Waals surface area contributed by atoms with E-state index >= 15 is 0 Å². The third-order valence-corrected chi connectivity index (χ3v) is 23.3. The van der Waals surface area contributed by atoms with Gasteiger partial charge in [0.2, 0.25) is 71.4 Å². The van der Waals surface area contributed by atoms with Crippen LogP contribution < -0.4 is 103 Å². The molecule has 8 aromatic carbocycles. The Morgan fingerprint density at radius 3 is 0.543 bits per heavy atom. The lowest BCUT2D eigenvalue weighted by Crippen LogP contribution is -2.12. The fourth-order valence-electron chi connectivity index (χ4n) is 17.2. The first-order valence-electron chi connectivity index (χ1n) is 49.7. The number of hydrogen-bond acceptors (Lipinski definition) is 32. The lowest BCUT2D eigenvalue weighted by molar-refractivity contribution is 0.304. The number of anilines is 16. The summed E-state index contributed by atoms with van der Waals surface area (Å²) < 4.78 is 55.4. The number of fused-ring (bicyclic) bond motifs is 16. The van der Waals surface area contributed by atoms with E-state index in [0.717, 1.165) is 260 Å². The zero-order chi connectivity index (χ0) is 96.5. The molecule has 0 unspecified atom stereocenters. The maximum Gasteiger partial charge on any atom is 0.233 e. The average Bonchev–Trinajstić information content (AvgIpc) is 0.775. The third-order valence-electron chi connectivity index (χ3n) is 23.3. The minimum atomic E-state index is 0.0654. The summed E-state index contributed by atoms with van der Waals surface area (Å²) in [5.74, 6) is 9.46. The second-order valence-corrected chi connectivity index (χ2v) is 35.0. The molecule has 4 aromatic heterocycles. The highest BCUT2D eigenvalue weighted by molar-refractivity contribution is 5.70. The Morgan fingerprint density at radius 2 is 0.370 bits per heavy atom. The van der Waals surface area contributed by atoms with E-state index in [1.807, 2.05) is 0 Å². The maximum atomic E-state index is 6.95. The summed E-state index contributed by atoms with van der Waals surface area (Å²) >= 11 is 0. The van der Waals surface area contributed by atoms with Gasteiger partial charge in [-0.3, -0.25) is 0 Å². The van der Waals surface area contributed by atoms with Crippen molar-refractivity contribution in [1.82, 2.24) is 59.8 Å². The van der Waals surface area contributed by atoms with Crippen LogP contribution in [0.15, 0.2) is 121 Å². The van der Waals surface area contributed by atoms with Crippen molar-refractivity contribution in [3.8, 4) is 46.0 Å². The largest absolute Gasteiger partial charge is 0.493 e. The van der Waals surface area contributed by atoms with E-state index in [9.17, 15) is 0 Å². The Kier molecular flexibility index (Phi) is 36.6. The van der Waals surface area contributed by atoms with Crippen molar-refractivity contribution in [3.05, 3.63) is 210 Å². The molecule has 16 bridgehead atoms. The Labute approximate surface area is 811 Å². The monoisotopic (exact) mass is 1880 g/mol. The summed E-state index contributed by atoms with van der Waals surface area (Å²) in [4.78, 5) is 55.7. The van der Waals surface area contributed by atoms with Gasteiger partial charge in [0.1, 0.15) is 46.0 Å². The van der Waals surface area contributed by atoms with Gasteiger partial charge in [0.25, 0.3) is 0 Å². The minimum Gasteiger partial charge on any atom is -0.493 e. The number of unbranched alkanes of at least 4 members (excludes halogenated alkanes) is 5. The Bertz CT molecular complexity index is 5470. The fourth-order valence-corrected chi connectivity index (χ4v) is 17.2. The summed E-state index contributed by atoms with van der Waals surface area (Å²) in [6, 6.07) is 42.6. The molecule has 12 aromatic rings. The van der Waals surface area contributed by atoms with Crippen molar-refractivity contribution in [1.29, 1.82) is 0 Å². The van der Waals surface area contributed by atoms with Crippen LogP contribution in [0.1, 0.15) is 261 Å². The molecule has 32 heteroatoms. The van der Waals surface area contributed by atoms with Crippen molar-refractivity contribution in [2.75, 3.05) is 145 Å². The van der Waals surface area contributed by atoms with Crippen LogP contribution in [0.25, 0.3) is 0 Å². The van der Waals surface area contributed by atoms with Gasteiger partial charge in [0, 0.05) is 145 Å².